The number of hydrogen-bond acceptors (Lipinski definition) is 4. The number of carbonyl (C=O) groups excluding carboxylic acids is 2. The van der Waals surface area contributed by atoms with Crippen LogP contribution in [-0.2, 0) is 9.59 Å². The molecule has 6 nitrogen and oxygen atoms in total. The number of carbonyl (C=O) groups is 2. The van der Waals surface area contributed by atoms with Gasteiger partial charge in [-0.1, -0.05) is 15.9 Å². The maximum absolute atomic E-state index is 11.7. The molecule has 0 aliphatic carbocycles. The fourth-order valence-corrected chi connectivity index (χ4v) is 2.56. The van der Waals surface area contributed by atoms with Gasteiger partial charge in [0, 0.05) is 29.3 Å². The van der Waals surface area contributed by atoms with E-state index in [0.717, 1.165) is 29.7 Å². The molecule has 1 aliphatic heterocycles. The number of amides is 2. The summed E-state index contributed by atoms with van der Waals surface area (Å²) in [6, 6.07) is 8.22. The molecule has 1 aliphatic rings. The normalized spacial score (nSPS) is 17.6. The molecular formula is C14H19BrN4O2. The van der Waals surface area contributed by atoms with Crippen molar-refractivity contribution in [3.05, 3.63) is 28.7 Å². The van der Waals surface area contributed by atoms with Crippen LogP contribution < -0.4 is 21.3 Å². The van der Waals surface area contributed by atoms with Crippen LogP contribution in [0.3, 0.4) is 0 Å². The molecule has 7 heteroatoms. The van der Waals surface area contributed by atoms with Crippen molar-refractivity contribution in [3.63, 3.8) is 0 Å². The van der Waals surface area contributed by atoms with Crippen LogP contribution in [0.2, 0.25) is 0 Å². The third-order valence-corrected chi connectivity index (χ3v) is 3.91. The molecule has 2 rings (SSSR count). The molecule has 114 valence electrons. The van der Waals surface area contributed by atoms with Gasteiger partial charge >= 0.3 is 0 Å². The number of hydrogen-bond donors (Lipinski definition) is 3. The number of rotatable bonds is 5. The molecule has 4 N–H and O–H groups in total. The molecule has 1 atom stereocenters. The van der Waals surface area contributed by atoms with Gasteiger partial charge in [-0.25, -0.2) is 0 Å². The molecule has 0 radical (unpaired) electrons. The van der Waals surface area contributed by atoms with Crippen molar-refractivity contribution in [2.45, 2.75) is 12.5 Å². The molecule has 2 amide bonds. The molecule has 0 saturated carbocycles. The fourth-order valence-electron chi connectivity index (χ4n) is 2.29. The Kier molecular flexibility index (Phi) is 5.58. The van der Waals surface area contributed by atoms with Gasteiger partial charge in [-0.05, 0) is 30.7 Å². The van der Waals surface area contributed by atoms with Gasteiger partial charge in [-0.15, -0.1) is 0 Å². The Bertz CT molecular complexity index is 506. The average molecular weight is 355 g/mol. The second-order valence-corrected chi connectivity index (χ2v) is 5.87. The highest BCUT2D eigenvalue weighted by Gasteiger charge is 2.23. The maximum atomic E-state index is 11.7. The minimum atomic E-state index is -0.326. The van der Waals surface area contributed by atoms with E-state index in [4.69, 9.17) is 5.73 Å². The number of nitrogens with zero attached hydrogens (tertiary/aromatic N) is 1. The summed E-state index contributed by atoms with van der Waals surface area (Å²) in [5, 5.41) is 5.38. The van der Waals surface area contributed by atoms with E-state index >= 15 is 0 Å². The van der Waals surface area contributed by atoms with E-state index in [-0.39, 0.29) is 30.9 Å². The lowest BCUT2D eigenvalue weighted by molar-refractivity contribution is -0.125. The lowest BCUT2D eigenvalue weighted by atomic mass is 10.2. The number of nitrogens with two attached hydrogens (primary N) is 1. The zero-order chi connectivity index (χ0) is 15.2. The summed E-state index contributed by atoms with van der Waals surface area (Å²) < 4.78 is 1.05. The van der Waals surface area contributed by atoms with E-state index in [1.165, 1.54) is 0 Å². The quantitative estimate of drug-likeness (QED) is 0.705. The molecule has 1 fully saturated rings. The van der Waals surface area contributed by atoms with Crippen LogP contribution in [-0.4, -0.2) is 44.0 Å². The van der Waals surface area contributed by atoms with E-state index < -0.39 is 0 Å². The van der Waals surface area contributed by atoms with Crippen LogP contribution >= 0.6 is 15.9 Å². The van der Waals surface area contributed by atoms with Crippen LogP contribution in [0, 0.1) is 0 Å². The summed E-state index contributed by atoms with van der Waals surface area (Å²) in [5.41, 5.74) is 6.31. The lowest BCUT2D eigenvalue weighted by Crippen LogP contribution is -2.44. The third-order valence-electron chi connectivity index (χ3n) is 3.38. The van der Waals surface area contributed by atoms with Crippen molar-refractivity contribution in [1.82, 2.24) is 10.6 Å². The monoisotopic (exact) mass is 354 g/mol. The standard InChI is InChI=1S/C14H19BrN4O2/c15-10-1-3-12(4-2-10)19-6-5-11(9-19)18-14(21)8-17-13(20)7-16/h1-4,11H,5-9,16H2,(H,17,20)(H,18,21). The summed E-state index contributed by atoms with van der Waals surface area (Å²) in [6.45, 7) is 1.55. The summed E-state index contributed by atoms with van der Waals surface area (Å²) in [7, 11) is 0. The topological polar surface area (TPSA) is 87.5 Å². The molecular weight excluding hydrogens is 336 g/mol. The molecule has 0 spiro atoms. The molecule has 0 bridgehead atoms. The number of benzene rings is 1. The smallest absolute Gasteiger partial charge is 0.239 e. The second kappa shape index (κ2) is 7.42. The number of anilines is 1. The van der Waals surface area contributed by atoms with Crippen molar-refractivity contribution in [3.8, 4) is 0 Å². The van der Waals surface area contributed by atoms with Gasteiger partial charge in [0.15, 0.2) is 0 Å². The SMILES string of the molecule is NCC(=O)NCC(=O)NC1CCN(c2ccc(Br)cc2)C1. The first-order valence-electron chi connectivity index (χ1n) is 6.85. The molecule has 1 aromatic rings. The van der Waals surface area contributed by atoms with Gasteiger partial charge in [0.25, 0.3) is 0 Å². The zero-order valence-electron chi connectivity index (χ0n) is 11.6. The van der Waals surface area contributed by atoms with Gasteiger partial charge in [0.1, 0.15) is 0 Å². The van der Waals surface area contributed by atoms with E-state index in [1.54, 1.807) is 0 Å². The Morgan fingerprint density at radius 2 is 2.00 bits per heavy atom. The molecule has 1 saturated heterocycles. The van der Waals surface area contributed by atoms with Crippen molar-refractivity contribution >= 4 is 33.4 Å². The molecule has 1 unspecified atom stereocenters. The van der Waals surface area contributed by atoms with Crippen LogP contribution in [0.1, 0.15) is 6.42 Å². The van der Waals surface area contributed by atoms with E-state index in [1.807, 2.05) is 12.1 Å². The minimum absolute atomic E-state index is 0.0230. The van der Waals surface area contributed by atoms with Gasteiger partial charge < -0.3 is 21.3 Å². The largest absolute Gasteiger partial charge is 0.369 e. The Labute approximate surface area is 132 Å². The lowest BCUT2D eigenvalue weighted by Gasteiger charge is -2.19. The molecule has 1 aromatic carbocycles. The van der Waals surface area contributed by atoms with Crippen molar-refractivity contribution in [2.75, 3.05) is 31.1 Å². The highest BCUT2D eigenvalue weighted by molar-refractivity contribution is 9.10. The van der Waals surface area contributed by atoms with Crippen molar-refractivity contribution in [1.29, 1.82) is 0 Å². The van der Waals surface area contributed by atoms with Gasteiger partial charge in [-0.2, -0.15) is 0 Å². The minimum Gasteiger partial charge on any atom is -0.369 e. The third kappa shape index (κ3) is 4.71. The predicted octanol–water partition coefficient (Wildman–Crippen LogP) is 0.219. The van der Waals surface area contributed by atoms with E-state index in [0.29, 0.717) is 0 Å². The first kappa shape index (κ1) is 15.8. The van der Waals surface area contributed by atoms with E-state index in [9.17, 15) is 9.59 Å². The van der Waals surface area contributed by atoms with Crippen LogP contribution in [0.5, 0.6) is 0 Å². The molecule has 0 aromatic heterocycles. The average Bonchev–Trinajstić information content (AvgIpc) is 2.94. The second-order valence-electron chi connectivity index (χ2n) is 4.96. The molecule has 1 heterocycles. The van der Waals surface area contributed by atoms with Gasteiger partial charge in [0.2, 0.25) is 11.8 Å². The summed E-state index contributed by atoms with van der Waals surface area (Å²) >= 11 is 3.41. The predicted molar refractivity (Wildman–Crippen MR) is 85.0 cm³/mol. The zero-order valence-corrected chi connectivity index (χ0v) is 13.2. The van der Waals surface area contributed by atoms with Gasteiger partial charge in [-0.3, -0.25) is 9.59 Å². The maximum Gasteiger partial charge on any atom is 0.239 e. The number of nitrogens with one attached hydrogen (secondary N) is 2. The highest BCUT2D eigenvalue weighted by atomic mass is 79.9. The summed E-state index contributed by atoms with van der Waals surface area (Å²) in [4.78, 5) is 24.9. The van der Waals surface area contributed by atoms with Crippen LogP contribution in [0.15, 0.2) is 28.7 Å². The van der Waals surface area contributed by atoms with E-state index in [2.05, 4.69) is 43.6 Å². The first-order valence-corrected chi connectivity index (χ1v) is 7.64. The Balaban J connectivity index is 1.78. The Hall–Kier alpha value is -1.60. The summed E-state index contributed by atoms with van der Waals surface area (Å²) in [6.07, 6.45) is 0.895. The Morgan fingerprint density at radius 1 is 1.29 bits per heavy atom. The molecule has 21 heavy (non-hydrogen) atoms. The Morgan fingerprint density at radius 3 is 2.67 bits per heavy atom. The van der Waals surface area contributed by atoms with Crippen LogP contribution in [0.4, 0.5) is 5.69 Å². The summed E-state index contributed by atoms with van der Waals surface area (Å²) in [5.74, 6) is -0.507. The van der Waals surface area contributed by atoms with Crippen molar-refractivity contribution in [2.24, 2.45) is 5.73 Å². The van der Waals surface area contributed by atoms with Crippen LogP contribution in [0.25, 0.3) is 0 Å². The fraction of sp³-hybridized carbons (Fsp3) is 0.429. The number of halogens is 1. The van der Waals surface area contributed by atoms with Crippen molar-refractivity contribution < 1.29 is 9.59 Å². The first-order chi connectivity index (χ1) is 10.1. The van der Waals surface area contributed by atoms with Gasteiger partial charge in [0.05, 0.1) is 13.1 Å². The highest BCUT2D eigenvalue weighted by Crippen LogP contribution is 2.22.